The Bertz CT molecular complexity index is 331. The minimum Gasteiger partial charge on any atom is -0.458 e. The van der Waals surface area contributed by atoms with Gasteiger partial charge < -0.3 is 9.64 Å². The predicted octanol–water partition coefficient (Wildman–Crippen LogP) is 2.76. The van der Waals surface area contributed by atoms with Crippen LogP contribution in [0.2, 0.25) is 0 Å². The molecule has 0 saturated carbocycles. The molecule has 0 spiro atoms. The van der Waals surface area contributed by atoms with Crippen LogP contribution in [0.5, 0.6) is 0 Å². The smallest absolute Gasteiger partial charge is 0.329 e. The van der Waals surface area contributed by atoms with E-state index in [2.05, 4.69) is 13.8 Å². The lowest BCUT2D eigenvalue weighted by Gasteiger charge is -2.27. The number of likely N-dealkylation sites (tertiary alicyclic amines) is 1. The Kier molecular flexibility index (Phi) is 5.39. The van der Waals surface area contributed by atoms with Crippen molar-refractivity contribution in [3.63, 3.8) is 0 Å². The van der Waals surface area contributed by atoms with E-state index in [0.717, 1.165) is 19.3 Å². The zero-order valence-electron chi connectivity index (χ0n) is 12.9. The van der Waals surface area contributed by atoms with Gasteiger partial charge in [-0.1, -0.05) is 13.8 Å². The molecule has 1 aliphatic rings. The highest BCUT2D eigenvalue weighted by atomic mass is 16.6. The number of hydrogen-bond acceptors (Lipinski definition) is 3. The molecule has 0 N–H and O–H groups in total. The summed E-state index contributed by atoms with van der Waals surface area (Å²) in [7, 11) is 0. The summed E-state index contributed by atoms with van der Waals surface area (Å²) in [6.07, 6.45) is 3.01. The van der Waals surface area contributed by atoms with E-state index < -0.39 is 5.60 Å². The molecule has 1 saturated heterocycles. The molecule has 4 heteroatoms. The van der Waals surface area contributed by atoms with E-state index in [1.54, 1.807) is 4.90 Å². The van der Waals surface area contributed by atoms with Gasteiger partial charge in [0.1, 0.15) is 11.6 Å². The van der Waals surface area contributed by atoms with E-state index in [1.165, 1.54) is 0 Å². The Morgan fingerprint density at radius 1 is 1.32 bits per heavy atom. The molecule has 0 aromatic heterocycles. The van der Waals surface area contributed by atoms with Gasteiger partial charge in [-0.25, -0.2) is 4.79 Å². The van der Waals surface area contributed by atoms with Crippen molar-refractivity contribution < 1.29 is 14.3 Å². The molecule has 0 aromatic carbocycles. The lowest BCUT2D eigenvalue weighted by Crippen LogP contribution is -2.43. The number of amides is 1. The number of carbonyl (C=O) groups excluding carboxylic acids is 2. The first-order chi connectivity index (χ1) is 8.70. The molecule has 0 bridgehead atoms. The molecule has 0 aliphatic carbocycles. The lowest BCUT2D eigenvalue weighted by atomic mass is 10.1. The van der Waals surface area contributed by atoms with Crippen molar-refractivity contribution in [2.75, 3.05) is 6.54 Å². The van der Waals surface area contributed by atoms with E-state index in [9.17, 15) is 9.59 Å². The first kappa shape index (κ1) is 16.0. The molecule has 1 rings (SSSR count). The molecule has 1 fully saturated rings. The maximum atomic E-state index is 12.1. The number of rotatable bonds is 4. The van der Waals surface area contributed by atoms with Gasteiger partial charge in [0.2, 0.25) is 5.91 Å². The first-order valence-corrected chi connectivity index (χ1v) is 7.23. The van der Waals surface area contributed by atoms with Crippen LogP contribution in [0.25, 0.3) is 0 Å². The third-order valence-electron chi connectivity index (χ3n) is 3.19. The highest BCUT2D eigenvalue weighted by Gasteiger charge is 2.36. The van der Waals surface area contributed by atoms with Gasteiger partial charge in [-0.15, -0.1) is 0 Å². The van der Waals surface area contributed by atoms with Gasteiger partial charge in [0.15, 0.2) is 0 Å². The summed E-state index contributed by atoms with van der Waals surface area (Å²) in [4.78, 5) is 26.0. The van der Waals surface area contributed by atoms with Gasteiger partial charge in [0.05, 0.1) is 0 Å². The summed E-state index contributed by atoms with van der Waals surface area (Å²) in [5, 5.41) is 0. The average Bonchev–Trinajstić information content (AvgIpc) is 2.72. The monoisotopic (exact) mass is 269 g/mol. The minimum absolute atomic E-state index is 0.0852. The number of hydrogen-bond donors (Lipinski definition) is 0. The molecular weight excluding hydrogens is 242 g/mol. The van der Waals surface area contributed by atoms with E-state index in [-0.39, 0.29) is 17.9 Å². The van der Waals surface area contributed by atoms with Crippen LogP contribution >= 0.6 is 0 Å². The van der Waals surface area contributed by atoms with Crippen LogP contribution in [-0.2, 0) is 14.3 Å². The highest BCUT2D eigenvalue weighted by Crippen LogP contribution is 2.22. The van der Waals surface area contributed by atoms with Gasteiger partial charge in [0.25, 0.3) is 0 Å². The van der Waals surface area contributed by atoms with E-state index in [4.69, 9.17) is 4.74 Å². The summed E-state index contributed by atoms with van der Waals surface area (Å²) in [5.41, 5.74) is -0.494. The SMILES string of the molecule is CC(C)CCC(=O)N1CCC[C@H]1C(=O)OC(C)(C)C. The third-order valence-corrected chi connectivity index (χ3v) is 3.19. The Hall–Kier alpha value is -1.06. The van der Waals surface area contributed by atoms with Gasteiger partial charge in [-0.2, -0.15) is 0 Å². The summed E-state index contributed by atoms with van der Waals surface area (Å²) in [5.74, 6) is 0.330. The average molecular weight is 269 g/mol. The maximum Gasteiger partial charge on any atom is 0.329 e. The van der Waals surface area contributed by atoms with Gasteiger partial charge in [0, 0.05) is 13.0 Å². The number of nitrogens with zero attached hydrogens (tertiary/aromatic N) is 1. The van der Waals surface area contributed by atoms with Crippen LogP contribution in [0.4, 0.5) is 0 Å². The molecule has 1 amide bonds. The van der Waals surface area contributed by atoms with Crippen LogP contribution in [-0.4, -0.2) is 35.0 Å². The van der Waals surface area contributed by atoms with Crippen LogP contribution < -0.4 is 0 Å². The molecule has 1 heterocycles. The fraction of sp³-hybridized carbons (Fsp3) is 0.867. The molecule has 1 aliphatic heterocycles. The Morgan fingerprint density at radius 2 is 1.95 bits per heavy atom. The second kappa shape index (κ2) is 6.40. The highest BCUT2D eigenvalue weighted by molar-refractivity contribution is 5.85. The second-order valence-electron chi connectivity index (χ2n) is 6.71. The summed E-state index contributed by atoms with van der Waals surface area (Å²) in [6.45, 7) is 10.4. The van der Waals surface area contributed by atoms with Crippen molar-refractivity contribution >= 4 is 11.9 Å². The van der Waals surface area contributed by atoms with E-state index >= 15 is 0 Å². The van der Waals surface area contributed by atoms with Crippen molar-refractivity contribution in [2.24, 2.45) is 5.92 Å². The number of carbonyl (C=O) groups is 2. The van der Waals surface area contributed by atoms with Crippen molar-refractivity contribution in [1.29, 1.82) is 0 Å². The molecule has 110 valence electrons. The van der Waals surface area contributed by atoms with Crippen molar-refractivity contribution in [3.05, 3.63) is 0 Å². The summed E-state index contributed by atoms with van der Waals surface area (Å²) in [6, 6.07) is -0.376. The summed E-state index contributed by atoms with van der Waals surface area (Å²) < 4.78 is 5.39. The standard InChI is InChI=1S/C15H27NO3/c1-11(2)8-9-13(17)16-10-6-7-12(16)14(18)19-15(3,4)5/h11-12H,6-10H2,1-5H3/t12-/m0/s1. The quantitative estimate of drug-likeness (QED) is 0.737. The predicted molar refractivity (Wildman–Crippen MR) is 74.7 cm³/mol. The van der Waals surface area contributed by atoms with E-state index in [0.29, 0.717) is 18.9 Å². The largest absolute Gasteiger partial charge is 0.458 e. The molecule has 1 atom stereocenters. The van der Waals surface area contributed by atoms with Crippen LogP contribution in [0.3, 0.4) is 0 Å². The number of ether oxygens (including phenoxy) is 1. The van der Waals surface area contributed by atoms with Gasteiger partial charge in [-0.3, -0.25) is 4.79 Å². The zero-order chi connectivity index (χ0) is 14.6. The number of esters is 1. The first-order valence-electron chi connectivity index (χ1n) is 7.23. The molecule has 0 radical (unpaired) electrons. The normalized spacial score (nSPS) is 19.9. The maximum absolute atomic E-state index is 12.1. The second-order valence-corrected chi connectivity index (χ2v) is 6.71. The van der Waals surface area contributed by atoms with Crippen LogP contribution in [0.15, 0.2) is 0 Å². The Labute approximate surface area is 116 Å². The van der Waals surface area contributed by atoms with E-state index in [1.807, 2.05) is 20.8 Å². The molecule has 19 heavy (non-hydrogen) atoms. The minimum atomic E-state index is -0.494. The van der Waals surface area contributed by atoms with Gasteiger partial charge >= 0.3 is 5.97 Å². The summed E-state index contributed by atoms with van der Waals surface area (Å²) >= 11 is 0. The van der Waals surface area contributed by atoms with Crippen molar-refractivity contribution in [3.8, 4) is 0 Å². The topological polar surface area (TPSA) is 46.6 Å². The van der Waals surface area contributed by atoms with Crippen molar-refractivity contribution in [1.82, 2.24) is 4.90 Å². The lowest BCUT2D eigenvalue weighted by molar-refractivity contribution is -0.163. The molecule has 0 unspecified atom stereocenters. The molecule has 4 nitrogen and oxygen atoms in total. The fourth-order valence-corrected chi connectivity index (χ4v) is 2.24. The van der Waals surface area contributed by atoms with Crippen LogP contribution in [0.1, 0.15) is 60.3 Å². The molecule has 0 aromatic rings. The third kappa shape index (κ3) is 5.21. The molecular formula is C15H27NO3. The van der Waals surface area contributed by atoms with Crippen molar-refractivity contribution in [2.45, 2.75) is 71.9 Å². The zero-order valence-corrected chi connectivity index (χ0v) is 12.9. The van der Waals surface area contributed by atoms with Gasteiger partial charge in [-0.05, 0) is 46.0 Å². The van der Waals surface area contributed by atoms with Crippen LogP contribution in [0, 0.1) is 5.92 Å². The Balaban J connectivity index is 2.58. The fourth-order valence-electron chi connectivity index (χ4n) is 2.24. The Morgan fingerprint density at radius 3 is 2.47 bits per heavy atom.